The van der Waals surface area contributed by atoms with Crippen LogP contribution in [-0.2, 0) is 6.42 Å². The average Bonchev–Trinajstić information content (AvgIpc) is 2.42. The zero-order valence-corrected chi connectivity index (χ0v) is 15.0. The highest BCUT2D eigenvalue weighted by Gasteiger charge is 2.21. The van der Waals surface area contributed by atoms with E-state index in [2.05, 4.69) is 25.8 Å². The maximum atomic E-state index is 12.5. The number of aromatic nitrogens is 1. The molecule has 0 aliphatic heterocycles. The standard InChI is InChI=1S/C17H21BrN2O2/c1-10(2)16(21)15-13(7-8-20(3)4)12-6-5-11(18)9-14(12)19-17(15)22/h5-6,9-10H,7-8H2,1-4H3,(H,19,22). The molecule has 118 valence electrons. The summed E-state index contributed by atoms with van der Waals surface area (Å²) in [4.78, 5) is 29.8. The second kappa shape index (κ2) is 6.75. The number of carbonyl (C=O) groups is 1. The maximum absolute atomic E-state index is 12.5. The summed E-state index contributed by atoms with van der Waals surface area (Å²) in [5, 5.41) is 0.939. The third-order valence-corrected chi connectivity index (χ3v) is 4.16. The number of aromatic amines is 1. The molecule has 0 spiro atoms. The molecule has 0 atom stereocenters. The lowest BCUT2D eigenvalue weighted by molar-refractivity contribution is 0.0937. The highest BCUT2D eigenvalue weighted by atomic mass is 79.9. The van der Waals surface area contributed by atoms with Gasteiger partial charge in [-0.3, -0.25) is 9.59 Å². The molecule has 1 heterocycles. The molecule has 0 aliphatic carbocycles. The second-order valence-electron chi connectivity index (χ2n) is 6.07. The molecule has 22 heavy (non-hydrogen) atoms. The van der Waals surface area contributed by atoms with Crippen molar-refractivity contribution in [2.45, 2.75) is 20.3 Å². The first-order valence-corrected chi connectivity index (χ1v) is 8.14. The third kappa shape index (κ3) is 3.47. The summed E-state index contributed by atoms with van der Waals surface area (Å²) >= 11 is 3.42. The quantitative estimate of drug-likeness (QED) is 0.828. The number of hydrogen-bond donors (Lipinski definition) is 1. The van der Waals surface area contributed by atoms with Crippen LogP contribution in [-0.4, -0.2) is 36.3 Å². The van der Waals surface area contributed by atoms with Gasteiger partial charge in [-0.1, -0.05) is 35.8 Å². The van der Waals surface area contributed by atoms with Crippen LogP contribution in [0.1, 0.15) is 29.8 Å². The van der Waals surface area contributed by atoms with Gasteiger partial charge < -0.3 is 9.88 Å². The van der Waals surface area contributed by atoms with Gasteiger partial charge in [-0.15, -0.1) is 0 Å². The molecule has 4 nitrogen and oxygen atoms in total. The number of H-pyrrole nitrogens is 1. The highest BCUT2D eigenvalue weighted by Crippen LogP contribution is 2.24. The van der Waals surface area contributed by atoms with Crippen molar-refractivity contribution in [3.05, 3.63) is 44.2 Å². The van der Waals surface area contributed by atoms with E-state index in [0.717, 1.165) is 27.5 Å². The monoisotopic (exact) mass is 364 g/mol. The van der Waals surface area contributed by atoms with E-state index >= 15 is 0 Å². The summed E-state index contributed by atoms with van der Waals surface area (Å²) in [6, 6.07) is 5.76. The second-order valence-corrected chi connectivity index (χ2v) is 6.99. The Balaban J connectivity index is 2.73. The Morgan fingerprint density at radius 2 is 2.00 bits per heavy atom. The molecular formula is C17H21BrN2O2. The number of carbonyl (C=O) groups excluding carboxylic acids is 1. The average molecular weight is 365 g/mol. The molecule has 5 heteroatoms. The van der Waals surface area contributed by atoms with Crippen LogP contribution in [0.2, 0.25) is 0 Å². The van der Waals surface area contributed by atoms with Gasteiger partial charge in [0, 0.05) is 27.8 Å². The van der Waals surface area contributed by atoms with Gasteiger partial charge >= 0.3 is 0 Å². The van der Waals surface area contributed by atoms with Gasteiger partial charge in [-0.25, -0.2) is 0 Å². The first-order valence-electron chi connectivity index (χ1n) is 7.34. The number of fused-ring (bicyclic) bond motifs is 1. The summed E-state index contributed by atoms with van der Waals surface area (Å²) in [6.45, 7) is 4.43. The molecule has 0 bridgehead atoms. The van der Waals surface area contributed by atoms with Crippen molar-refractivity contribution >= 4 is 32.6 Å². The van der Waals surface area contributed by atoms with Gasteiger partial charge in [0.25, 0.3) is 5.56 Å². The number of hydrogen-bond acceptors (Lipinski definition) is 3. The lowest BCUT2D eigenvalue weighted by Crippen LogP contribution is -2.26. The fraction of sp³-hybridized carbons (Fsp3) is 0.412. The van der Waals surface area contributed by atoms with Crippen molar-refractivity contribution in [1.29, 1.82) is 0 Å². The van der Waals surface area contributed by atoms with Gasteiger partial charge in [0.1, 0.15) is 0 Å². The minimum absolute atomic E-state index is 0.0974. The first-order chi connectivity index (χ1) is 10.3. The lowest BCUT2D eigenvalue weighted by Gasteiger charge is -2.16. The zero-order chi connectivity index (χ0) is 16.4. The van der Waals surface area contributed by atoms with E-state index in [1.165, 1.54) is 0 Å². The van der Waals surface area contributed by atoms with E-state index in [4.69, 9.17) is 0 Å². The third-order valence-electron chi connectivity index (χ3n) is 3.66. The Morgan fingerprint density at radius 3 is 2.59 bits per heavy atom. The number of nitrogens with one attached hydrogen (secondary N) is 1. The minimum Gasteiger partial charge on any atom is -0.321 e. The van der Waals surface area contributed by atoms with Crippen molar-refractivity contribution in [3.8, 4) is 0 Å². The number of ketones is 1. The van der Waals surface area contributed by atoms with E-state index in [9.17, 15) is 9.59 Å². The van der Waals surface area contributed by atoms with Crippen LogP contribution in [0.15, 0.2) is 27.5 Å². The normalized spacial score (nSPS) is 11.6. The van der Waals surface area contributed by atoms with Crippen molar-refractivity contribution < 1.29 is 4.79 Å². The topological polar surface area (TPSA) is 53.2 Å². The lowest BCUT2D eigenvalue weighted by atomic mass is 9.93. The smallest absolute Gasteiger partial charge is 0.259 e. The predicted molar refractivity (Wildman–Crippen MR) is 93.7 cm³/mol. The van der Waals surface area contributed by atoms with Crippen molar-refractivity contribution in [1.82, 2.24) is 9.88 Å². The highest BCUT2D eigenvalue weighted by molar-refractivity contribution is 9.10. The molecule has 0 aliphatic rings. The van der Waals surface area contributed by atoms with Crippen LogP contribution in [0.4, 0.5) is 0 Å². The van der Waals surface area contributed by atoms with Crippen LogP contribution in [0, 0.1) is 5.92 Å². The molecule has 0 unspecified atom stereocenters. The molecule has 0 amide bonds. The molecule has 1 aromatic carbocycles. The Labute approximate surface area is 138 Å². The van der Waals surface area contributed by atoms with Crippen LogP contribution >= 0.6 is 15.9 Å². The van der Waals surface area contributed by atoms with Gasteiger partial charge in [0.05, 0.1) is 5.56 Å². The number of likely N-dealkylation sites (N-methyl/N-ethyl adjacent to an activating group) is 1. The Bertz CT molecular complexity index is 763. The predicted octanol–water partition coefficient (Wildman–Crippen LogP) is 3.23. The van der Waals surface area contributed by atoms with Gasteiger partial charge in [0.2, 0.25) is 0 Å². The maximum Gasteiger partial charge on any atom is 0.259 e. The fourth-order valence-corrected chi connectivity index (χ4v) is 2.85. The van der Waals surface area contributed by atoms with E-state index in [1.54, 1.807) is 0 Å². The number of nitrogens with zero attached hydrogens (tertiary/aromatic N) is 1. The molecule has 0 radical (unpaired) electrons. The van der Waals surface area contributed by atoms with Crippen molar-refractivity contribution in [2.24, 2.45) is 5.92 Å². The van der Waals surface area contributed by atoms with Gasteiger partial charge in [-0.2, -0.15) is 0 Å². The van der Waals surface area contributed by atoms with Crippen LogP contribution in [0.25, 0.3) is 10.9 Å². The zero-order valence-electron chi connectivity index (χ0n) is 13.4. The van der Waals surface area contributed by atoms with E-state index < -0.39 is 0 Å². The molecule has 0 saturated carbocycles. The summed E-state index contributed by atoms with van der Waals surface area (Å²) in [6.07, 6.45) is 0.669. The first kappa shape index (κ1) is 16.9. The van der Waals surface area contributed by atoms with E-state index in [-0.39, 0.29) is 17.3 Å². The van der Waals surface area contributed by atoms with Crippen LogP contribution in [0.3, 0.4) is 0 Å². The Kier molecular flexibility index (Phi) is 5.19. The van der Waals surface area contributed by atoms with Crippen LogP contribution < -0.4 is 5.56 Å². The molecule has 2 aromatic rings. The molecule has 0 fully saturated rings. The number of halogens is 1. The SMILES string of the molecule is CC(C)C(=O)c1c(CCN(C)C)c2ccc(Br)cc2[nH]c1=O. The summed E-state index contributed by atoms with van der Waals surface area (Å²) < 4.78 is 0.900. The summed E-state index contributed by atoms with van der Waals surface area (Å²) in [5.74, 6) is -0.299. The summed E-state index contributed by atoms with van der Waals surface area (Å²) in [7, 11) is 3.96. The van der Waals surface area contributed by atoms with Crippen molar-refractivity contribution in [2.75, 3.05) is 20.6 Å². The van der Waals surface area contributed by atoms with E-state index in [0.29, 0.717) is 12.0 Å². The number of pyridine rings is 1. The van der Waals surface area contributed by atoms with Gasteiger partial charge in [0.15, 0.2) is 5.78 Å². The molecule has 1 aromatic heterocycles. The summed E-state index contributed by atoms with van der Waals surface area (Å²) in [5.41, 5.74) is 1.62. The van der Waals surface area contributed by atoms with E-state index in [1.807, 2.05) is 46.1 Å². The Morgan fingerprint density at radius 1 is 1.32 bits per heavy atom. The minimum atomic E-state index is -0.293. The van der Waals surface area contributed by atoms with Crippen molar-refractivity contribution in [3.63, 3.8) is 0 Å². The number of benzene rings is 1. The molecule has 0 saturated heterocycles. The number of Topliss-reactive ketones (excluding diaryl/α,β-unsaturated/α-hetero) is 1. The van der Waals surface area contributed by atoms with Crippen LogP contribution in [0.5, 0.6) is 0 Å². The van der Waals surface area contributed by atoms with Gasteiger partial charge in [-0.05, 0) is 38.2 Å². The fourth-order valence-electron chi connectivity index (χ4n) is 2.48. The molecule has 1 N–H and O–H groups in total. The largest absolute Gasteiger partial charge is 0.321 e. The molecular weight excluding hydrogens is 344 g/mol. The molecule has 2 rings (SSSR count). The Hall–Kier alpha value is -1.46. The number of rotatable bonds is 5.